The highest BCUT2D eigenvalue weighted by Gasteiger charge is 2.30. The van der Waals surface area contributed by atoms with Crippen molar-refractivity contribution in [2.45, 2.75) is 13.0 Å². The van der Waals surface area contributed by atoms with Crippen molar-refractivity contribution < 1.29 is 32.2 Å². The maximum atomic E-state index is 12.1. The number of amides is 2. The molecule has 0 atom stereocenters. The first-order valence-corrected chi connectivity index (χ1v) is 7.25. The molecule has 138 valence electrons. The number of imide groups is 1. The van der Waals surface area contributed by atoms with Gasteiger partial charge in [-0.05, 0) is 29.8 Å². The fourth-order valence-corrected chi connectivity index (χ4v) is 1.86. The number of nitrogens with zero attached hydrogens (tertiary/aromatic N) is 1. The van der Waals surface area contributed by atoms with Crippen LogP contribution in [0.25, 0.3) is 0 Å². The molecule has 1 aromatic carbocycles. The Hall–Kier alpha value is -3.14. The molecule has 1 aromatic heterocycles. The molecule has 2 aromatic rings. The van der Waals surface area contributed by atoms with E-state index in [1.54, 1.807) is 0 Å². The highest BCUT2D eigenvalue weighted by atomic mass is 19.4. The van der Waals surface area contributed by atoms with Gasteiger partial charge in [0.2, 0.25) is 5.91 Å². The number of carbonyl (C=O) groups is 2. The Morgan fingerprint density at radius 2 is 1.85 bits per heavy atom. The predicted octanol–water partition coefficient (Wildman–Crippen LogP) is 1.77. The summed E-state index contributed by atoms with van der Waals surface area (Å²) in [7, 11) is 0. The fraction of sp³-hybridized carbons (Fsp3) is 0.188. The number of ether oxygens (including phenoxy) is 2. The largest absolute Gasteiger partial charge is 0.573 e. The van der Waals surface area contributed by atoms with E-state index in [9.17, 15) is 22.8 Å². The lowest BCUT2D eigenvalue weighted by Gasteiger charge is -2.11. The summed E-state index contributed by atoms with van der Waals surface area (Å²) in [4.78, 5) is 27.0. The third-order valence-electron chi connectivity index (χ3n) is 2.98. The average molecular weight is 369 g/mol. The van der Waals surface area contributed by atoms with Gasteiger partial charge in [-0.2, -0.15) is 0 Å². The highest BCUT2D eigenvalue weighted by molar-refractivity contribution is 6.05. The van der Waals surface area contributed by atoms with Crippen LogP contribution in [0.2, 0.25) is 0 Å². The van der Waals surface area contributed by atoms with Gasteiger partial charge in [0.05, 0.1) is 6.54 Å². The van der Waals surface area contributed by atoms with Crippen LogP contribution in [0.15, 0.2) is 42.6 Å². The monoisotopic (exact) mass is 369 g/mol. The number of carbonyl (C=O) groups excluding carboxylic acids is 2. The Morgan fingerprint density at radius 3 is 2.46 bits per heavy atom. The van der Waals surface area contributed by atoms with E-state index in [1.165, 1.54) is 30.5 Å². The summed E-state index contributed by atoms with van der Waals surface area (Å²) >= 11 is 0. The second-order valence-electron chi connectivity index (χ2n) is 4.91. The summed E-state index contributed by atoms with van der Waals surface area (Å²) in [6, 6.07) is 8.04. The normalized spacial score (nSPS) is 10.9. The van der Waals surface area contributed by atoms with Gasteiger partial charge >= 0.3 is 6.36 Å². The number of aromatic nitrogens is 1. The van der Waals surface area contributed by atoms with Crippen molar-refractivity contribution in [1.82, 2.24) is 10.3 Å². The molecule has 2 rings (SSSR count). The van der Waals surface area contributed by atoms with E-state index in [0.29, 0.717) is 5.56 Å². The maximum Gasteiger partial charge on any atom is 0.573 e. The minimum Gasteiger partial charge on any atom is -0.486 e. The molecule has 0 aliphatic heterocycles. The molecule has 0 saturated heterocycles. The summed E-state index contributed by atoms with van der Waals surface area (Å²) in [5, 5.41) is 2.05. The summed E-state index contributed by atoms with van der Waals surface area (Å²) in [6.45, 7) is -0.399. The zero-order chi connectivity index (χ0) is 19.2. The first-order chi connectivity index (χ1) is 12.3. The lowest BCUT2D eigenvalue weighted by atomic mass is 10.2. The van der Waals surface area contributed by atoms with Crippen molar-refractivity contribution in [3.8, 4) is 11.5 Å². The van der Waals surface area contributed by atoms with E-state index in [4.69, 9.17) is 10.5 Å². The molecule has 2 amide bonds. The van der Waals surface area contributed by atoms with E-state index in [0.717, 1.165) is 12.1 Å². The van der Waals surface area contributed by atoms with Gasteiger partial charge in [0, 0.05) is 6.20 Å². The van der Waals surface area contributed by atoms with Crippen molar-refractivity contribution in [3.05, 3.63) is 53.9 Å². The van der Waals surface area contributed by atoms with Gasteiger partial charge in [0.1, 0.15) is 12.4 Å². The summed E-state index contributed by atoms with van der Waals surface area (Å²) in [6.07, 6.45) is -3.42. The second kappa shape index (κ2) is 8.30. The molecule has 0 spiro atoms. The van der Waals surface area contributed by atoms with Crippen LogP contribution < -0.4 is 20.5 Å². The topological polar surface area (TPSA) is 104 Å². The van der Waals surface area contributed by atoms with Gasteiger partial charge in [-0.25, -0.2) is 4.98 Å². The van der Waals surface area contributed by atoms with E-state index < -0.39 is 18.2 Å². The Kier molecular flexibility index (Phi) is 6.12. The van der Waals surface area contributed by atoms with Gasteiger partial charge < -0.3 is 15.2 Å². The van der Waals surface area contributed by atoms with Crippen molar-refractivity contribution in [2.75, 3.05) is 6.54 Å². The molecule has 10 heteroatoms. The number of nitrogens with one attached hydrogen (secondary N) is 1. The van der Waals surface area contributed by atoms with Crippen LogP contribution in [0, 0.1) is 0 Å². The molecule has 0 aliphatic rings. The molecule has 0 unspecified atom stereocenters. The highest BCUT2D eigenvalue weighted by Crippen LogP contribution is 2.23. The van der Waals surface area contributed by atoms with E-state index in [2.05, 4.69) is 9.72 Å². The number of pyridine rings is 1. The minimum absolute atomic E-state index is 0.0386. The average Bonchev–Trinajstić information content (AvgIpc) is 2.60. The molecule has 0 fully saturated rings. The van der Waals surface area contributed by atoms with Crippen LogP contribution in [0.3, 0.4) is 0 Å². The van der Waals surface area contributed by atoms with Crippen molar-refractivity contribution in [3.63, 3.8) is 0 Å². The number of benzene rings is 1. The fourth-order valence-electron chi connectivity index (χ4n) is 1.86. The van der Waals surface area contributed by atoms with Crippen LogP contribution >= 0.6 is 0 Å². The Labute approximate surface area is 145 Å². The number of hydrogen-bond acceptors (Lipinski definition) is 6. The molecule has 1 heterocycles. The van der Waals surface area contributed by atoms with Crippen molar-refractivity contribution in [2.24, 2.45) is 5.73 Å². The smallest absolute Gasteiger partial charge is 0.486 e. The summed E-state index contributed by atoms with van der Waals surface area (Å²) in [5.41, 5.74) is 5.54. The van der Waals surface area contributed by atoms with E-state index in [-0.39, 0.29) is 30.3 Å². The summed E-state index contributed by atoms with van der Waals surface area (Å²) in [5.74, 6) is -1.70. The van der Waals surface area contributed by atoms with Crippen LogP contribution in [-0.2, 0) is 11.4 Å². The number of rotatable bonds is 6. The first kappa shape index (κ1) is 19.2. The molecule has 26 heavy (non-hydrogen) atoms. The standard InChI is InChI=1S/C16H14F3N3O4/c17-16(18,19)26-11-5-3-10(4-6-11)9-25-12-2-1-7-21-14(12)15(24)22-13(23)8-20/h1-7H,8-9,20H2,(H,22,23,24). The molecular weight excluding hydrogens is 355 g/mol. The van der Waals surface area contributed by atoms with Gasteiger partial charge in [-0.3, -0.25) is 14.9 Å². The SMILES string of the molecule is NCC(=O)NC(=O)c1ncccc1OCc1ccc(OC(F)(F)F)cc1. The van der Waals surface area contributed by atoms with Crippen molar-refractivity contribution in [1.29, 1.82) is 0 Å². The molecular formula is C16H14F3N3O4. The quantitative estimate of drug-likeness (QED) is 0.804. The number of nitrogens with two attached hydrogens (primary N) is 1. The predicted molar refractivity (Wildman–Crippen MR) is 83.2 cm³/mol. The molecule has 0 radical (unpaired) electrons. The zero-order valence-electron chi connectivity index (χ0n) is 13.2. The second-order valence-corrected chi connectivity index (χ2v) is 4.91. The minimum atomic E-state index is -4.77. The molecule has 3 N–H and O–H groups in total. The first-order valence-electron chi connectivity index (χ1n) is 7.25. The molecule has 0 aliphatic carbocycles. The maximum absolute atomic E-state index is 12.1. The number of halogens is 3. The molecule has 7 nitrogen and oxygen atoms in total. The Bertz CT molecular complexity index is 779. The third kappa shape index (κ3) is 5.74. The van der Waals surface area contributed by atoms with Crippen LogP contribution in [-0.4, -0.2) is 29.7 Å². The van der Waals surface area contributed by atoms with E-state index in [1.807, 2.05) is 5.32 Å². The Balaban J connectivity index is 2.03. The van der Waals surface area contributed by atoms with Gasteiger partial charge in [0.15, 0.2) is 11.4 Å². The van der Waals surface area contributed by atoms with Gasteiger partial charge in [0.25, 0.3) is 5.91 Å². The van der Waals surface area contributed by atoms with Crippen molar-refractivity contribution >= 4 is 11.8 Å². The third-order valence-corrected chi connectivity index (χ3v) is 2.98. The molecule has 0 bridgehead atoms. The number of alkyl halides is 3. The lowest BCUT2D eigenvalue weighted by Crippen LogP contribution is -2.36. The Morgan fingerprint density at radius 1 is 1.15 bits per heavy atom. The lowest BCUT2D eigenvalue weighted by molar-refractivity contribution is -0.274. The van der Waals surface area contributed by atoms with Crippen LogP contribution in [0.5, 0.6) is 11.5 Å². The summed E-state index contributed by atoms with van der Waals surface area (Å²) < 4.78 is 45.6. The van der Waals surface area contributed by atoms with Crippen LogP contribution in [0.4, 0.5) is 13.2 Å². The zero-order valence-corrected chi connectivity index (χ0v) is 13.2. The number of hydrogen-bond donors (Lipinski definition) is 2. The van der Waals surface area contributed by atoms with Gasteiger partial charge in [-0.1, -0.05) is 12.1 Å². The van der Waals surface area contributed by atoms with Crippen LogP contribution in [0.1, 0.15) is 16.1 Å². The van der Waals surface area contributed by atoms with E-state index >= 15 is 0 Å². The van der Waals surface area contributed by atoms with Gasteiger partial charge in [-0.15, -0.1) is 13.2 Å². The molecule has 0 saturated carbocycles.